The monoisotopic (exact) mass is 853 g/mol. The number of rotatable bonds is 10. The Morgan fingerprint density at radius 2 is 1.50 bits per heavy atom. The van der Waals surface area contributed by atoms with Crippen LogP contribution >= 0.6 is 11.6 Å². The number of aromatic hydroxyl groups is 1. The molecule has 5 aromatic rings. The van der Waals surface area contributed by atoms with Gasteiger partial charge in [0.05, 0.1) is 55.9 Å². The molecule has 5 aromatic carbocycles. The highest BCUT2D eigenvalue weighted by molar-refractivity contribution is 6.30. The first-order chi connectivity index (χ1) is 30.0. The maximum atomic E-state index is 15.4. The number of ether oxygens (including phenoxy) is 3. The molecule has 0 radical (unpaired) electrons. The van der Waals surface area contributed by atoms with Gasteiger partial charge in [0.1, 0.15) is 28.8 Å². The van der Waals surface area contributed by atoms with Gasteiger partial charge >= 0.3 is 0 Å². The number of nitrogens with zero attached hydrogens (tertiary/aromatic N) is 2. The lowest BCUT2D eigenvalue weighted by molar-refractivity contribution is -0.138. The van der Waals surface area contributed by atoms with Crippen molar-refractivity contribution in [3.63, 3.8) is 0 Å². The normalized spacial score (nSPS) is 24.1. The van der Waals surface area contributed by atoms with E-state index in [1.165, 1.54) is 48.4 Å². The van der Waals surface area contributed by atoms with Crippen LogP contribution in [-0.4, -0.2) is 55.1 Å². The zero-order valence-electron chi connectivity index (χ0n) is 33.9. The third-order valence-corrected chi connectivity index (χ3v) is 13.1. The number of hydrogen-bond acceptors (Lipinski definition) is 9. The van der Waals surface area contributed by atoms with E-state index in [9.17, 15) is 23.9 Å². The number of allylic oxidation sites excluding steroid dienone is 2. The number of phenolic OH excluding ortho intramolecular Hbond substituents is 1. The summed E-state index contributed by atoms with van der Waals surface area (Å²) in [6.07, 6.45) is 6.00. The topological polar surface area (TPSA) is 135 Å². The molecule has 62 heavy (non-hydrogen) atoms. The molecule has 0 unspecified atom stereocenters. The number of nitrogens with one attached hydrogen (secondary N) is 1. The van der Waals surface area contributed by atoms with E-state index in [0.717, 1.165) is 16.1 Å². The van der Waals surface area contributed by atoms with Crippen LogP contribution in [0.5, 0.6) is 23.0 Å². The molecule has 4 aliphatic rings. The second-order valence-electron chi connectivity index (χ2n) is 15.8. The maximum absolute atomic E-state index is 15.4. The molecule has 9 rings (SSSR count). The number of fused-ring (bicyclic) bond motifs is 4. The van der Waals surface area contributed by atoms with Crippen molar-refractivity contribution in [3.8, 4) is 23.0 Å². The van der Waals surface area contributed by atoms with Gasteiger partial charge in [-0.15, -0.1) is 0 Å². The molecule has 0 aromatic heterocycles. The molecule has 314 valence electrons. The third kappa shape index (κ3) is 6.48. The predicted molar refractivity (Wildman–Crippen MR) is 231 cm³/mol. The average molecular weight is 854 g/mol. The Morgan fingerprint density at radius 1 is 0.774 bits per heavy atom. The summed E-state index contributed by atoms with van der Waals surface area (Å²) >= 11 is 6.41. The molecular weight excluding hydrogens is 813 g/mol. The lowest BCUT2D eigenvalue weighted by atomic mass is 9.49. The lowest BCUT2D eigenvalue weighted by Crippen LogP contribution is -2.53. The lowest BCUT2D eigenvalue weighted by Gasteiger charge is -2.50. The molecule has 2 aliphatic carbocycles. The second kappa shape index (κ2) is 15.8. The van der Waals surface area contributed by atoms with Crippen LogP contribution in [0.25, 0.3) is 12.2 Å². The summed E-state index contributed by atoms with van der Waals surface area (Å²) in [5, 5.41) is 12.0. The number of hydrazine groups is 1. The highest BCUT2D eigenvalue weighted by atomic mass is 35.5. The summed E-state index contributed by atoms with van der Waals surface area (Å²) in [6.45, 7) is 0. The van der Waals surface area contributed by atoms with Gasteiger partial charge in [0.25, 0.3) is 11.8 Å². The van der Waals surface area contributed by atoms with Crippen LogP contribution in [0.2, 0.25) is 5.02 Å². The summed E-state index contributed by atoms with van der Waals surface area (Å²) in [5.74, 6) is -5.00. The summed E-state index contributed by atoms with van der Waals surface area (Å²) in [7, 11) is 4.64. The molecule has 3 fully saturated rings. The van der Waals surface area contributed by atoms with Gasteiger partial charge in [0.15, 0.2) is 0 Å². The maximum Gasteiger partial charge on any atom is 0.260 e. The summed E-state index contributed by atoms with van der Waals surface area (Å²) < 4.78 is 30.7. The number of phenols is 1. The summed E-state index contributed by atoms with van der Waals surface area (Å²) in [4.78, 5) is 60.9. The SMILES string of the molecule is COc1ccc(OC)c(C=Cc2ccc(N3C(=O)[C@H]4[C@H](CC=C5[C@H]4C[C@H]4C(=O)N(Nc6ccc(F)cc6)C(=O)[C@@]4(c4ccc(Cl)cc4)[C@H]5c4ccc(O)cc4OC)C3=O)cc2)c1. The molecule has 2 aliphatic heterocycles. The molecule has 4 amide bonds. The molecule has 2 heterocycles. The molecule has 2 saturated heterocycles. The number of carbonyl (C=O) groups is 4. The second-order valence-corrected chi connectivity index (χ2v) is 16.3. The van der Waals surface area contributed by atoms with Crippen LogP contribution in [-0.2, 0) is 24.6 Å². The van der Waals surface area contributed by atoms with E-state index in [0.29, 0.717) is 44.6 Å². The minimum absolute atomic E-state index is 0.0586. The highest BCUT2D eigenvalue weighted by Gasteiger charge is 2.70. The fraction of sp³-hybridized carbons (Fsp3) is 0.224. The van der Waals surface area contributed by atoms with E-state index in [2.05, 4.69) is 5.43 Å². The number of anilines is 2. The fourth-order valence-electron chi connectivity index (χ4n) is 10.1. The van der Waals surface area contributed by atoms with Crippen LogP contribution in [0.1, 0.15) is 41.0 Å². The van der Waals surface area contributed by atoms with Crippen LogP contribution in [0.4, 0.5) is 15.8 Å². The number of methoxy groups -OCH3 is 3. The quantitative estimate of drug-likeness (QED) is 0.0805. The Hall–Kier alpha value is -6.92. The Labute approximate surface area is 361 Å². The Bertz CT molecular complexity index is 2690. The van der Waals surface area contributed by atoms with Gasteiger partial charge < -0.3 is 19.3 Å². The van der Waals surface area contributed by atoms with Crippen molar-refractivity contribution >= 4 is 58.8 Å². The van der Waals surface area contributed by atoms with Gasteiger partial charge in [-0.3, -0.25) is 29.5 Å². The van der Waals surface area contributed by atoms with Gasteiger partial charge in [-0.1, -0.05) is 65.7 Å². The zero-order chi connectivity index (χ0) is 43.4. The standard InChI is InChI=1S/C49H41ClFN3O8/c1-60-35-19-23-41(61-2)28(24-35)7-4-27-5-16-33(17-6-27)53-45(56)38-22-21-36-39(43(38)47(53)58)26-40-46(57)54(52-32-14-12-31(51)13-15-32)48(59)49(40,29-8-10-30(50)11-9-29)44(36)37-20-18-34(55)25-42(37)62-3/h4-21,23-25,38-40,43-44,52,55H,22,26H2,1-3H3/t38-,39+,40-,43-,44+,49+/m0/s1. The van der Waals surface area contributed by atoms with Gasteiger partial charge in [0.2, 0.25) is 11.8 Å². The van der Waals surface area contributed by atoms with Crippen molar-refractivity contribution in [2.24, 2.45) is 23.7 Å². The van der Waals surface area contributed by atoms with E-state index in [1.54, 1.807) is 56.7 Å². The van der Waals surface area contributed by atoms with E-state index in [-0.39, 0.29) is 30.2 Å². The van der Waals surface area contributed by atoms with Crippen LogP contribution in [0.15, 0.2) is 121 Å². The molecule has 2 N–H and O–H groups in total. The molecule has 13 heteroatoms. The predicted octanol–water partition coefficient (Wildman–Crippen LogP) is 8.57. The minimum atomic E-state index is -1.61. The molecule has 0 bridgehead atoms. The third-order valence-electron chi connectivity index (χ3n) is 12.8. The number of hydrogen-bond donors (Lipinski definition) is 2. The molecule has 6 atom stereocenters. The first kappa shape index (κ1) is 40.5. The van der Waals surface area contributed by atoms with Crippen molar-refractivity contribution < 1.29 is 42.9 Å². The van der Waals surface area contributed by atoms with Gasteiger partial charge in [0, 0.05) is 28.1 Å². The van der Waals surface area contributed by atoms with Crippen LogP contribution in [0.3, 0.4) is 0 Å². The smallest absolute Gasteiger partial charge is 0.260 e. The van der Waals surface area contributed by atoms with E-state index in [1.807, 2.05) is 48.6 Å². The van der Waals surface area contributed by atoms with Gasteiger partial charge in [-0.25, -0.2) is 4.39 Å². The molecule has 11 nitrogen and oxygen atoms in total. The van der Waals surface area contributed by atoms with Gasteiger partial charge in [-0.2, -0.15) is 5.01 Å². The number of halogens is 2. The van der Waals surface area contributed by atoms with Crippen molar-refractivity contribution in [3.05, 3.63) is 154 Å². The van der Waals surface area contributed by atoms with Crippen molar-refractivity contribution in [1.82, 2.24) is 5.01 Å². The van der Waals surface area contributed by atoms with Crippen molar-refractivity contribution in [2.75, 3.05) is 31.7 Å². The van der Waals surface area contributed by atoms with Crippen molar-refractivity contribution in [1.29, 1.82) is 0 Å². The van der Waals surface area contributed by atoms with Crippen LogP contribution in [0, 0.1) is 29.5 Å². The number of imide groups is 2. The van der Waals surface area contributed by atoms with Crippen molar-refractivity contribution in [2.45, 2.75) is 24.2 Å². The highest BCUT2D eigenvalue weighted by Crippen LogP contribution is 2.65. The summed E-state index contributed by atoms with van der Waals surface area (Å²) in [6, 6.07) is 29.3. The molecule has 0 spiro atoms. The molecule has 1 saturated carbocycles. The van der Waals surface area contributed by atoms with E-state index < -0.39 is 58.5 Å². The van der Waals surface area contributed by atoms with E-state index >= 15 is 4.79 Å². The minimum Gasteiger partial charge on any atom is -0.508 e. The largest absolute Gasteiger partial charge is 0.508 e. The first-order valence-corrected chi connectivity index (χ1v) is 20.5. The number of carbonyl (C=O) groups excluding carboxylic acids is 4. The fourth-order valence-corrected chi connectivity index (χ4v) is 10.2. The van der Waals surface area contributed by atoms with Crippen LogP contribution < -0.4 is 24.5 Å². The van der Waals surface area contributed by atoms with E-state index in [4.69, 9.17) is 25.8 Å². The number of benzene rings is 5. The Balaban J connectivity index is 1.12. The first-order valence-electron chi connectivity index (χ1n) is 20.1. The Kier molecular flexibility index (Phi) is 10.3. The Morgan fingerprint density at radius 3 is 2.19 bits per heavy atom. The zero-order valence-corrected chi connectivity index (χ0v) is 34.6. The summed E-state index contributed by atoms with van der Waals surface area (Å²) in [5.41, 5.74) is 5.41. The van der Waals surface area contributed by atoms with Gasteiger partial charge in [-0.05, 0) is 103 Å². The molecular formula is C49H41ClFN3O8. The average Bonchev–Trinajstić information content (AvgIpc) is 3.67. The number of amides is 4.